The van der Waals surface area contributed by atoms with Gasteiger partial charge in [-0.25, -0.2) is 4.98 Å². The molecular formula is C9H13N3O3S. The summed E-state index contributed by atoms with van der Waals surface area (Å²) in [6.07, 6.45) is 1.54. The molecule has 16 heavy (non-hydrogen) atoms. The Hall–Kier alpha value is -1.47. The Morgan fingerprint density at radius 1 is 1.62 bits per heavy atom. The number of hydrogen-bond acceptors (Lipinski definition) is 5. The molecule has 0 aromatic carbocycles. The molecule has 88 valence electrons. The first-order chi connectivity index (χ1) is 7.69. The van der Waals surface area contributed by atoms with E-state index in [1.807, 2.05) is 0 Å². The van der Waals surface area contributed by atoms with Gasteiger partial charge in [0.05, 0.1) is 6.61 Å². The van der Waals surface area contributed by atoms with Gasteiger partial charge in [-0.1, -0.05) is 0 Å². The van der Waals surface area contributed by atoms with Crippen LogP contribution in [-0.4, -0.2) is 46.5 Å². The fourth-order valence-electron chi connectivity index (χ4n) is 1.10. The lowest BCUT2D eigenvalue weighted by Crippen LogP contribution is -2.41. The van der Waals surface area contributed by atoms with Crippen molar-refractivity contribution in [1.82, 2.24) is 9.88 Å². The minimum absolute atomic E-state index is 0.153. The molecular weight excluding hydrogens is 230 g/mol. The van der Waals surface area contributed by atoms with Crippen molar-refractivity contribution in [3.63, 3.8) is 0 Å². The zero-order valence-corrected chi connectivity index (χ0v) is 9.66. The first-order valence-corrected chi connectivity index (χ1v) is 5.67. The first kappa shape index (κ1) is 12.6. The molecule has 2 N–H and O–H groups in total. The lowest BCUT2D eigenvalue weighted by atomic mass is 10.4. The summed E-state index contributed by atoms with van der Waals surface area (Å²) in [5, 5.41) is 13.2. The fraction of sp³-hybridized carbons (Fsp3) is 0.444. The Balaban J connectivity index is 2.56. The maximum absolute atomic E-state index is 11.6. The minimum atomic E-state index is -0.731. The van der Waals surface area contributed by atoms with E-state index in [1.54, 1.807) is 12.3 Å². The number of amides is 2. The molecule has 1 rings (SSSR count). The number of thiazole rings is 1. The molecule has 0 spiro atoms. The van der Waals surface area contributed by atoms with E-state index in [1.165, 1.54) is 22.4 Å². The van der Waals surface area contributed by atoms with E-state index in [-0.39, 0.29) is 13.2 Å². The van der Waals surface area contributed by atoms with Crippen LogP contribution in [0.3, 0.4) is 0 Å². The highest BCUT2D eigenvalue weighted by atomic mass is 32.1. The Morgan fingerprint density at radius 3 is 2.88 bits per heavy atom. The summed E-state index contributed by atoms with van der Waals surface area (Å²) < 4.78 is 0. The SMILES string of the molecule is CCN(CCO)C(=O)C(=O)Nc1nccs1. The smallest absolute Gasteiger partial charge is 0.315 e. The molecule has 7 heteroatoms. The Morgan fingerprint density at radius 2 is 2.38 bits per heavy atom. The maximum atomic E-state index is 11.6. The highest BCUT2D eigenvalue weighted by molar-refractivity contribution is 7.13. The molecule has 1 heterocycles. The third kappa shape index (κ3) is 3.28. The monoisotopic (exact) mass is 243 g/mol. The van der Waals surface area contributed by atoms with E-state index in [0.29, 0.717) is 11.7 Å². The molecule has 0 saturated heterocycles. The van der Waals surface area contributed by atoms with E-state index in [4.69, 9.17) is 5.11 Å². The van der Waals surface area contributed by atoms with Crippen LogP contribution >= 0.6 is 11.3 Å². The summed E-state index contributed by atoms with van der Waals surface area (Å²) in [5.74, 6) is -1.39. The molecule has 1 aromatic rings. The van der Waals surface area contributed by atoms with Crippen LogP contribution in [0.4, 0.5) is 5.13 Å². The molecule has 1 aromatic heterocycles. The number of aliphatic hydroxyl groups excluding tert-OH is 1. The lowest BCUT2D eigenvalue weighted by molar-refractivity contribution is -0.143. The van der Waals surface area contributed by atoms with Crippen LogP contribution in [0.15, 0.2) is 11.6 Å². The fourth-order valence-corrected chi connectivity index (χ4v) is 1.63. The van der Waals surface area contributed by atoms with Crippen molar-refractivity contribution in [1.29, 1.82) is 0 Å². The molecule has 0 radical (unpaired) electrons. The molecule has 0 atom stereocenters. The second kappa shape index (κ2) is 6.19. The van der Waals surface area contributed by atoms with Gasteiger partial charge in [0.25, 0.3) is 0 Å². The van der Waals surface area contributed by atoms with Gasteiger partial charge in [0.1, 0.15) is 0 Å². The van der Waals surface area contributed by atoms with Gasteiger partial charge in [-0.2, -0.15) is 0 Å². The van der Waals surface area contributed by atoms with Crippen LogP contribution in [0.2, 0.25) is 0 Å². The van der Waals surface area contributed by atoms with Crippen molar-refractivity contribution in [2.75, 3.05) is 25.0 Å². The molecule has 0 aliphatic rings. The zero-order chi connectivity index (χ0) is 12.0. The number of anilines is 1. The van der Waals surface area contributed by atoms with Crippen molar-refractivity contribution < 1.29 is 14.7 Å². The van der Waals surface area contributed by atoms with E-state index in [2.05, 4.69) is 10.3 Å². The molecule has 0 aliphatic carbocycles. The van der Waals surface area contributed by atoms with Crippen molar-refractivity contribution in [2.24, 2.45) is 0 Å². The van der Waals surface area contributed by atoms with Gasteiger partial charge in [-0.15, -0.1) is 11.3 Å². The van der Waals surface area contributed by atoms with Gasteiger partial charge in [-0.05, 0) is 6.92 Å². The summed E-state index contributed by atoms with van der Waals surface area (Å²) in [6.45, 7) is 2.11. The van der Waals surface area contributed by atoms with E-state index >= 15 is 0 Å². The zero-order valence-electron chi connectivity index (χ0n) is 8.84. The maximum Gasteiger partial charge on any atom is 0.315 e. The van der Waals surface area contributed by atoms with Crippen molar-refractivity contribution in [2.45, 2.75) is 6.92 Å². The Bertz CT molecular complexity index is 353. The average molecular weight is 243 g/mol. The lowest BCUT2D eigenvalue weighted by Gasteiger charge is -2.18. The van der Waals surface area contributed by atoms with Gasteiger partial charge < -0.3 is 10.0 Å². The van der Waals surface area contributed by atoms with Gasteiger partial charge in [-0.3, -0.25) is 14.9 Å². The highest BCUT2D eigenvalue weighted by Crippen LogP contribution is 2.10. The number of likely N-dealkylation sites (N-methyl/N-ethyl adjacent to an activating group) is 1. The number of hydrogen-bond donors (Lipinski definition) is 2. The third-order valence-electron chi connectivity index (χ3n) is 1.89. The number of aromatic nitrogens is 1. The van der Waals surface area contributed by atoms with Gasteiger partial charge >= 0.3 is 11.8 Å². The molecule has 0 saturated carbocycles. The van der Waals surface area contributed by atoms with E-state index < -0.39 is 11.8 Å². The number of carbonyl (C=O) groups excluding carboxylic acids is 2. The molecule has 0 bridgehead atoms. The van der Waals surface area contributed by atoms with Crippen LogP contribution in [0, 0.1) is 0 Å². The van der Waals surface area contributed by atoms with Crippen LogP contribution in [0.25, 0.3) is 0 Å². The number of nitrogens with zero attached hydrogens (tertiary/aromatic N) is 2. The number of carbonyl (C=O) groups is 2. The summed E-state index contributed by atoms with van der Waals surface area (Å²) >= 11 is 1.24. The number of nitrogens with one attached hydrogen (secondary N) is 1. The second-order valence-electron chi connectivity index (χ2n) is 2.90. The second-order valence-corrected chi connectivity index (χ2v) is 3.79. The summed E-state index contributed by atoms with van der Waals surface area (Å²) in [7, 11) is 0. The topological polar surface area (TPSA) is 82.5 Å². The summed E-state index contributed by atoms with van der Waals surface area (Å²) in [5.41, 5.74) is 0. The van der Waals surface area contributed by atoms with E-state index in [0.717, 1.165) is 0 Å². The molecule has 0 fully saturated rings. The number of rotatable bonds is 4. The van der Waals surface area contributed by atoms with Gasteiger partial charge in [0, 0.05) is 24.7 Å². The minimum Gasteiger partial charge on any atom is -0.395 e. The quantitative estimate of drug-likeness (QED) is 0.725. The largest absolute Gasteiger partial charge is 0.395 e. The predicted molar refractivity (Wildman–Crippen MR) is 60.1 cm³/mol. The molecule has 0 unspecified atom stereocenters. The highest BCUT2D eigenvalue weighted by Gasteiger charge is 2.20. The summed E-state index contributed by atoms with van der Waals surface area (Å²) in [6, 6.07) is 0. The Kier molecular flexibility index (Phi) is 4.87. The Labute approximate surface area is 96.9 Å². The first-order valence-electron chi connectivity index (χ1n) is 4.79. The van der Waals surface area contributed by atoms with E-state index in [9.17, 15) is 9.59 Å². The van der Waals surface area contributed by atoms with Crippen molar-refractivity contribution in [3.8, 4) is 0 Å². The average Bonchev–Trinajstić information content (AvgIpc) is 2.77. The van der Waals surface area contributed by atoms with Crippen LogP contribution < -0.4 is 5.32 Å². The normalized spacial score (nSPS) is 9.88. The summed E-state index contributed by atoms with van der Waals surface area (Å²) in [4.78, 5) is 28.1. The molecule has 2 amide bonds. The molecule has 6 nitrogen and oxygen atoms in total. The van der Waals surface area contributed by atoms with Crippen LogP contribution in [0.5, 0.6) is 0 Å². The van der Waals surface area contributed by atoms with Crippen molar-refractivity contribution >= 4 is 28.3 Å². The van der Waals surface area contributed by atoms with Crippen molar-refractivity contribution in [3.05, 3.63) is 11.6 Å². The molecule has 0 aliphatic heterocycles. The third-order valence-corrected chi connectivity index (χ3v) is 2.57. The van der Waals surface area contributed by atoms with Crippen LogP contribution in [0.1, 0.15) is 6.92 Å². The number of aliphatic hydroxyl groups is 1. The predicted octanol–water partition coefficient (Wildman–Crippen LogP) is -0.0776. The van der Waals surface area contributed by atoms with Gasteiger partial charge in [0.15, 0.2) is 5.13 Å². The standard InChI is InChI=1S/C9H13N3O3S/c1-2-12(4-5-13)8(15)7(14)11-9-10-3-6-16-9/h3,6,13H,2,4-5H2,1H3,(H,10,11,14). The van der Waals surface area contributed by atoms with Crippen LogP contribution in [-0.2, 0) is 9.59 Å². The van der Waals surface area contributed by atoms with Gasteiger partial charge in [0.2, 0.25) is 0 Å².